The maximum atomic E-state index is 13.0. The summed E-state index contributed by atoms with van der Waals surface area (Å²) in [7, 11) is 0. The molecule has 0 spiro atoms. The molecule has 1 fully saturated rings. The Morgan fingerprint density at radius 3 is 2.36 bits per heavy atom. The predicted octanol–water partition coefficient (Wildman–Crippen LogP) is 3.96. The summed E-state index contributed by atoms with van der Waals surface area (Å²) in [6.07, 6.45) is 3.02. The molecule has 0 aliphatic carbocycles. The molecule has 3 N–H and O–H groups in total. The van der Waals surface area contributed by atoms with Gasteiger partial charge in [0.2, 0.25) is 5.91 Å². The molecule has 1 heterocycles. The largest absolute Gasteiger partial charge is 0.399 e. The van der Waals surface area contributed by atoms with Crippen molar-refractivity contribution in [2.24, 2.45) is 0 Å². The lowest BCUT2D eigenvalue weighted by Gasteiger charge is -2.32. The third kappa shape index (κ3) is 7.30. The number of nitrogens with two attached hydrogens (primary N) is 1. The van der Waals surface area contributed by atoms with E-state index in [1.165, 1.54) is 12.1 Å². The second-order valence-corrected chi connectivity index (χ2v) is 6.94. The van der Waals surface area contributed by atoms with Crippen LogP contribution in [0.2, 0.25) is 0 Å². The minimum Gasteiger partial charge on any atom is -0.399 e. The molecule has 0 bridgehead atoms. The predicted molar refractivity (Wildman–Crippen MR) is 117 cm³/mol. The third-order valence-corrected chi connectivity index (χ3v) is 4.95. The number of aryl methyl sites for hydroxylation is 1. The summed E-state index contributed by atoms with van der Waals surface area (Å²) in [4.78, 5) is 14.5. The summed E-state index contributed by atoms with van der Waals surface area (Å²) in [5.41, 5.74) is 8.81. The number of piperidine rings is 1. The van der Waals surface area contributed by atoms with Crippen molar-refractivity contribution < 1.29 is 9.18 Å². The average Bonchev–Trinajstić information content (AvgIpc) is 2.64. The quantitative estimate of drug-likeness (QED) is 0.685. The third-order valence-electron chi connectivity index (χ3n) is 4.95. The molecule has 2 aromatic rings. The molecule has 1 amide bonds. The van der Waals surface area contributed by atoms with E-state index in [9.17, 15) is 9.18 Å². The van der Waals surface area contributed by atoms with Gasteiger partial charge in [-0.1, -0.05) is 30.3 Å². The summed E-state index contributed by atoms with van der Waals surface area (Å²) < 4.78 is 13.0. The number of carbonyl (C=O) groups is 1. The highest BCUT2D eigenvalue weighted by molar-refractivity contribution is 5.85. The van der Waals surface area contributed by atoms with Crippen molar-refractivity contribution in [1.82, 2.24) is 10.2 Å². The maximum Gasteiger partial charge on any atom is 0.220 e. The van der Waals surface area contributed by atoms with Crippen molar-refractivity contribution in [2.45, 2.75) is 38.3 Å². The Balaban J connectivity index is 0.00000196. The number of benzene rings is 2. The fraction of sp³-hybridized carbons (Fsp3) is 0.381. The number of hydrogen-bond acceptors (Lipinski definition) is 3. The van der Waals surface area contributed by atoms with Crippen LogP contribution in [-0.2, 0) is 17.8 Å². The lowest BCUT2D eigenvalue weighted by Crippen LogP contribution is -2.44. The molecule has 1 saturated heterocycles. The van der Waals surface area contributed by atoms with E-state index in [0.29, 0.717) is 12.8 Å². The van der Waals surface area contributed by atoms with Gasteiger partial charge in [-0.15, -0.1) is 24.8 Å². The topological polar surface area (TPSA) is 58.4 Å². The standard InChI is InChI=1S/C21H26FN3O.2ClH/c22-18-8-5-16(6-9-18)15-25-13-11-19(12-14-25)24-21(26)10-7-17-3-1-2-4-20(17)23;;/h1-6,8-9,19H,7,10-15,23H2,(H,24,26);2*1H. The summed E-state index contributed by atoms with van der Waals surface area (Å²) in [6.45, 7) is 2.70. The molecule has 1 aliphatic rings. The second kappa shape index (κ2) is 11.9. The fourth-order valence-corrected chi connectivity index (χ4v) is 3.39. The van der Waals surface area contributed by atoms with Crippen LogP contribution >= 0.6 is 24.8 Å². The molecule has 0 radical (unpaired) electrons. The average molecular weight is 428 g/mol. The maximum absolute atomic E-state index is 13.0. The molecule has 0 saturated carbocycles. The lowest BCUT2D eigenvalue weighted by molar-refractivity contribution is -0.122. The van der Waals surface area contributed by atoms with E-state index in [2.05, 4.69) is 10.2 Å². The number of amides is 1. The van der Waals surface area contributed by atoms with Gasteiger partial charge < -0.3 is 11.1 Å². The minimum absolute atomic E-state index is 0. The van der Waals surface area contributed by atoms with Crippen LogP contribution in [0.5, 0.6) is 0 Å². The molecule has 0 aromatic heterocycles. The summed E-state index contributed by atoms with van der Waals surface area (Å²) in [6, 6.07) is 14.6. The molecule has 0 atom stereocenters. The van der Waals surface area contributed by atoms with Crippen LogP contribution in [0.3, 0.4) is 0 Å². The molecule has 3 rings (SSSR count). The highest BCUT2D eigenvalue weighted by Gasteiger charge is 2.20. The molecule has 28 heavy (non-hydrogen) atoms. The summed E-state index contributed by atoms with van der Waals surface area (Å²) in [5.74, 6) is -0.113. The van der Waals surface area contributed by atoms with Crippen molar-refractivity contribution in [3.63, 3.8) is 0 Å². The number of nitrogen functional groups attached to an aromatic ring is 1. The number of para-hydroxylation sites is 1. The van der Waals surface area contributed by atoms with E-state index < -0.39 is 0 Å². The van der Waals surface area contributed by atoms with Gasteiger partial charge in [0.25, 0.3) is 0 Å². The summed E-state index contributed by atoms with van der Waals surface area (Å²) >= 11 is 0. The van der Waals surface area contributed by atoms with Gasteiger partial charge in [-0.05, 0) is 48.6 Å². The molecular weight excluding hydrogens is 400 g/mol. The van der Waals surface area contributed by atoms with Crippen molar-refractivity contribution >= 4 is 36.4 Å². The molecule has 7 heteroatoms. The van der Waals surface area contributed by atoms with E-state index >= 15 is 0 Å². The number of hydrogen-bond donors (Lipinski definition) is 2. The number of carbonyl (C=O) groups excluding carboxylic acids is 1. The highest BCUT2D eigenvalue weighted by Crippen LogP contribution is 2.16. The minimum atomic E-state index is -0.201. The van der Waals surface area contributed by atoms with Gasteiger partial charge in [-0.2, -0.15) is 0 Å². The van der Waals surface area contributed by atoms with Gasteiger partial charge in [0.1, 0.15) is 5.82 Å². The normalized spacial score (nSPS) is 14.6. The van der Waals surface area contributed by atoms with Crippen LogP contribution in [-0.4, -0.2) is 29.9 Å². The number of halogens is 3. The van der Waals surface area contributed by atoms with Gasteiger partial charge >= 0.3 is 0 Å². The zero-order valence-corrected chi connectivity index (χ0v) is 17.4. The van der Waals surface area contributed by atoms with Crippen molar-refractivity contribution in [3.05, 3.63) is 65.5 Å². The lowest BCUT2D eigenvalue weighted by atomic mass is 10.0. The molecular formula is C21H28Cl2FN3O. The Kier molecular flexibility index (Phi) is 10.3. The molecule has 0 unspecified atom stereocenters. The molecule has 1 aliphatic heterocycles. The number of nitrogens with one attached hydrogen (secondary N) is 1. The first-order chi connectivity index (χ1) is 12.6. The van der Waals surface area contributed by atoms with E-state index in [4.69, 9.17) is 5.73 Å². The van der Waals surface area contributed by atoms with E-state index in [1.807, 2.05) is 36.4 Å². The van der Waals surface area contributed by atoms with Crippen LogP contribution in [0.4, 0.5) is 10.1 Å². The van der Waals surface area contributed by atoms with Crippen molar-refractivity contribution in [2.75, 3.05) is 18.8 Å². The highest BCUT2D eigenvalue weighted by atomic mass is 35.5. The van der Waals surface area contributed by atoms with Crippen LogP contribution in [0.1, 0.15) is 30.4 Å². The Hall–Kier alpha value is -1.82. The molecule has 154 valence electrons. The summed E-state index contributed by atoms with van der Waals surface area (Å²) in [5, 5.41) is 3.14. The van der Waals surface area contributed by atoms with Crippen LogP contribution in [0, 0.1) is 5.82 Å². The Labute approximate surface area is 178 Å². The zero-order chi connectivity index (χ0) is 18.4. The van der Waals surface area contributed by atoms with Gasteiger partial charge in [0.05, 0.1) is 0 Å². The first-order valence-electron chi connectivity index (χ1n) is 9.20. The van der Waals surface area contributed by atoms with E-state index in [1.54, 1.807) is 0 Å². The zero-order valence-electron chi connectivity index (χ0n) is 15.8. The first-order valence-corrected chi connectivity index (χ1v) is 9.20. The van der Waals surface area contributed by atoms with Crippen molar-refractivity contribution in [3.8, 4) is 0 Å². The Morgan fingerprint density at radius 1 is 1.07 bits per heavy atom. The number of rotatable bonds is 6. The number of likely N-dealkylation sites (tertiary alicyclic amines) is 1. The smallest absolute Gasteiger partial charge is 0.220 e. The van der Waals surface area contributed by atoms with Gasteiger partial charge in [-0.25, -0.2) is 4.39 Å². The molecule has 2 aromatic carbocycles. The van der Waals surface area contributed by atoms with Crippen LogP contribution < -0.4 is 11.1 Å². The van der Waals surface area contributed by atoms with Gasteiger partial charge in [0, 0.05) is 37.8 Å². The Morgan fingerprint density at radius 2 is 1.71 bits per heavy atom. The van der Waals surface area contributed by atoms with E-state index in [-0.39, 0.29) is 42.6 Å². The van der Waals surface area contributed by atoms with Crippen molar-refractivity contribution in [1.29, 1.82) is 0 Å². The Bertz CT molecular complexity index is 735. The SMILES string of the molecule is Cl.Cl.Nc1ccccc1CCC(=O)NC1CCN(Cc2ccc(F)cc2)CC1. The monoisotopic (exact) mass is 427 g/mol. The fourth-order valence-electron chi connectivity index (χ4n) is 3.39. The van der Waals surface area contributed by atoms with E-state index in [0.717, 1.165) is 49.3 Å². The second-order valence-electron chi connectivity index (χ2n) is 6.94. The van der Waals surface area contributed by atoms with Gasteiger partial charge in [0.15, 0.2) is 0 Å². The van der Waals surface area contributed by atoms with Crippen LogP contribution in [0.15, 0.2) is 48.5 Å². The molecule has 4 nitrogen and oxygen atoms in total. The first kappa shape index (κ1) is 24.2. The van der Waals surface area contributed by atoms with Crippen LogP contribution in [0.25, 0.3) is 0 Å². The number of anilines is 1. The number of nitrogens with zero attached hydrogens (tertiary/aromatic N) is 1. The van der Waals surface area contributed by atoms with Gasteiger partial charge in [-0.3, -0.25) is 9.69 Å².